The molecule has 12 heavy (non-hydrogen) atoms. The molecule has 0 aromatic heterocycles. The SMILES string of the molecule is CCC(=O)N1CCCC1C(=O)O. The second kappa shape index (κ2) is 3.56. The monoisotopic (exact) mass is 171 g/mol. The van der Waals surface area contributed by atoms with Crippen LogP contribution in [0.3, 0.4) is 0 Å². The Morgan fingerprint density at radius 1 is 1.58 bits per heavy atom. The summed E-state index contributed by atoms with van der Waals surface area (Å²) in [6.07, 6.45) is 1.80. The molecule has 0 bridgehead atoms. The van der Waals surface area contributed by atoms with Crippen molar-refractivity contribution in [2.75, 3.05) is 6.54 Å². The number of hydrogen-bond acceptors (Lipinski definition) is 2. The van der Waals surface area contributed by atoms with E-state index in [-0.39, 0.29) is 5.91 Å². The van der Waals surface area contributed by atoms with Gasteiger partial charge in [-0.15, -0.1) is 0 Å². The summed E-state index contributed by atoms with van der Waals surface area (Å²) in [5.74, 6) is -0.936. The molecule has 0 aromatic rings. The van der Waals surface area contributed by atoms with E-state index in [0.717, 1.165) is 6.42 Å². The highest BCUT2D eigenvalue weighted by molar-refractivity contribution is 5.84. The fraction of sp³-hybridized carbons (Fsp3) is 0.750. The predicted octanol–water partition coefficient (Wildman–Crippen LogP) is 0.472. The predicted molar refractivity (Wildman–Crippen MR) is 42.7 cm³/mol. The Kier molecular flexibility index (Phi) is 2.68. The molecule has 0 radical (unpaired) electrons. The number of hydrogen-bond donors (Lipinski definition) is 1. The number of carboxylic acids is 1. The van der Waals surface area contributed by atoms with Crippen LogP contribution in [0.1, 0.15) is 26.2 Å². The van der Waals surface area contributed by atoms with Gasteiger partial charge in [-0.2, -0.15) is 0 Å². The number of carbonyl (C=O) groups excluding carboxylic acids is 1. The smallest absolute Gasteiger partial charge is 0.326 e. The highest BCUT2D eigenvalue weighted by atomic mass is 16.4. The molecule has 68 valence electrons. The second-order valence-corrected chi connectivity index (χ2v) is 2.94. The van der Waals surface area contributed by atoms with Crippen LogP contribution in [-0.2, 0) is 9.59 Å². The van der Waals surface area contributed by atoms with Crippen molar-refractivity contribution in [3.8, 4) is 0 Å². The molecule has 1 fully saturated rings. The number of carboxylic acid groups (broad SMARTS) is 1. The first-order valence-corrected chi connectivity index (χ1v) is 4.19. The van der Waals surface area contributed by atoms with E-state index in [1.807, 2.05) is 0 Å². The number of carbonyl (C=O) groups is 2. The summed E-state index contributed by atoms with van der Waals surface area (Å²) in [5.41, 5.74) is 0. The lowest BCUT2D eigenvalue weighted by Gasteiger charge is -2.20. The Morgan fingerprint density at radius 3 is 2.75 bits per heavy atom. The number of nitrogens with zero attached hydrogens (tertiary/aromatic N) is 1. The molecule has 0 spiro atoms. The Labute approximate surface area is 71.2 Å². The van der Waals surface area contributed by atoms with Crippen molar-refractivity contribution >= 4 is 11.9 Å². The lowest BCUT2D eigenvalue weighted by atomic mass is 10.2. The van der Waals surface area contributed by atoms with E-state index in [4.69, 9.17) is 5.11 Å². The van der Waals surface area contributed by atoms with E-state index >= 15 is 0 Å². The van der Waals surface area contributed by atoms with Crippen molar-refractivity contribution in [2.45, 2.75) is 32.2 Å². The van der Waals surface area contributed by atoms with E-state index in [1.165, 1.54) is 4.90 Å². The molecule has 1 aliphatic heterocycles. The summed E-state index contributed by atoms with van der Waals surface area (Å²) in [4.78, 5) is 23.3. The lowest BCUT2D eigenvalue weighted by Crippen LogP contribution is -2.39. The third kappa shape index (κ3) is 1.57. The van der Waals surface area contributed by atoms with Gasteiger partial charge in [-0.3, -0.25) is 4.79 Å². The highest BCUT2D eigenvalue weighted by Gasteiger charge is 2.32. The molecule has 4 heteroatoms. The molecule has 4 nitrogen and oxygen atoms in total. The maximum Gasteiger partial charge on any atom is 0.326 e. The summed E-state index contributed by atoms with van der Waals surface area (Å²) < 4.78 is 0. The summed E-state index contributed by atoms with van der Waals surface area (Å²) in [6, 6.07) is -0.572. The van der Waals surface area contributed by atoms with Crippen LogP contribution in [0.5, 0.6) is 0 Å². The minimum absolute atomic E-state index is 0.0556. The van der Waals surface area contributed by atoms with Gasteiger partial charge in [0.15, 0.2) is 0 Å². The topological polar surface area (TPSA) is 57.6 Å². The second-order valence-electron chi connectivity index (χ2n) is 2.94. The molecule has 0 aromatic carbocycles. The van der Waals surface area contributed by atoms with Crippen molar-refractivity contribution in [1.82, 2.24) is 4.90 Å². The van der Waals surface area contributed by atoms with Gasteiger partial charge in [-0.05, 0) is 12.8 Å². The van der Waals surface area contributed by atoms with Crippen LogP contribution in [-0.4, -0.2) is 34.5 Å². The molecule has 1 saturated heterocycles. The molecule has 1 amide bonds. The lowest BCUT2D eigenvalue weighted by molar-refractivity contribution is -0.148. The number of amides is 1. The third-order valence-corrected chi connectivity index (χ3v) is 2.16. The average Bonchev–Trinajstić information content (AvgIpc) is 2.50. The molecule has 1 heterocycles. The Hall–Kier alpha value is -1.06. The summed E-state index contributed by atoms with van der Waals surface area (Å²) in [7, 11) is 0. The summed E-state index contributed by atoms with van der Waals surface area (Å²) in [6.45, 7) is 2.35. The molecule has 1 unspecified atom stereocenters. The van der Waals surface area contributed by atoms with E-state index < -0.39 is 12.0 Å². The van der Waals surface area contributed by atoms with Gasteiger partial charge in [0.1, 0.15) is 6.04 Å². The highest BCUT2D eigenvalue weighted by Crippen LogP contribution is 2.17. The molecular formula is C8H13NO3. The van der Waals surface area contributed by atoms with Crippen molar-refractivity contribution in [3.05, 3.63) is 0 Å². The maximum absolute atomic E-state index is 11.2. The normalized spacial score (nSPS) is 22.8. The van der Waals surface area contributed by atoms with Crippen LogP contribution in [0.15, 0.2) is 0 Å². The van der Waals surface area contributed by atoms with Gasteiger partial charge in [0.25, 0.3) is 0 Å². The quantitative estimate of drug-likeness (QED) is 0.657. The van der Waals surface area contributed by atoms with Gasteiger partial charge in [-0.1, -0.05) is 6.92 Å². The van der Waals surface area contributed by atoms with Gasteiger partial charge in [0, 0.05) is 13.0 Å². The number of aliphatic carboxylic acids is 1. The Balaban J connectivity index is 2.63. The van der Waals surface area contributed by atoms with Crippen LogP contribution in [0.2, 0.25) is 0 Å². The minimum Gasteiger partial charge on any atom is -0.480 e. The zero-order valence-corrected chi connectivity index (χ0v) is 7.12. The van der Waals surface area contributed by atoms with E-state index in [2.05, 4.69) is 0 Å². The van der Waals surface area contributed by atoms with Crippen LogP contribution in [0.4, 0.5) is 0 Å². The van der Waals surface area contributed by atoms with Crippen LogP contribution in [0.25, 0.3) is 0 Å². The first kappa shape index (κ1) is 9.03. The molecule has 1 aliphatic rings. The first-order valence-electron chi connectivity index (χ1n) is 4.19. The molecule has 0 aliphatic carbocycles. The van der Waals surface area contributed by atoms with Gasteiger partial charge in [0.2, 0.25) is 5.91 Å². The van der Waals surface area contributed by atoms with Crippen molar-refractivity contribution < 1.29 is 14.7 Å². The Bertz CT molecular complexity index is 202. The maximum atomic E-state index is 11.2. The minimum atomic E-state index is -0.880. The fourth-order valence-corrected chi connectivity index (χ4v) is 1.53. The molecule has 1 atom stereocenters. The van der Waals surface area contributed by atoms with E-state index in [0.29, 0.717) is 19.4 Å². The van der Waals surface area contributed by atoms with Crippen molar-refractivity contribution in [3.63, 3.8) is 0 Å². The molecule has 0 saturated carbocycles. The molecular weight excluding hydrogens is 158 g/mol. The Morgan fingerprint density at radius 2 is 2.25 bits per heavy atom. The van der Waals surface area contributed by atoms with Gasteiger partial charge in [0.05, 0.1) is 0 Å². The van der Waals surface area contributed by atoms with Crippen LogP contribution in [0, 0.1) is 0 Å². The van der Waals surface area contributed by atoms with Gasteiger partial charge < -0.3 is 10.0 Å². The largest absolute Gasteiger partial charge is 0.480 e. The van der Waals surface area contributed by atoms with Gasteiger partial charge >= 0.3 is 5.97 Å². The van der Waals surface area contributed by atoms with Crippen LogP contribution < -0.4 is 0 Å². The number of likely N-dealkylation sites (tertiary alicyclic amines) is 1. The molecule has 1 rings (SSSR count). The summed E-state index contributed by atoms with van der Waals surface area (Å²) in [5, 5.41) is 8.73. The third-order valence-electron chi connectivity index (χ3n) is 2.16. The van der Waals surface area contributed by atoms with Crippen LogP contribution >= 0.6 is 0 Å². The van der Waals surface area contributed by atoms with E-state index in [1.54, 1.807) is 6.92 Å². The van der Waals surface area contributed by atoms with Crippen molar-refractivity contribution in [1.29, 1.82) is 0 Å². The van der Waals surface area contributed by atoms with Crippen molar-refractivity contribution in [2.24, 2.45) is 0 Å². The summed E-state index contributed by atoms with van der Waals surface area (Å²) >= 11 is 0. The number of rotatable bonds is 2. The first-order chi connectivity index (χ1) is 5.66. The zero-order valence-electron chi connectivity index (χ0n) is 7.12. The average molecular weight is 171 g/mol. The van der Waals surface area contributed by atoms with E-state index in [9.17, 15) is 9.59 Å². The fourth-order valence-electron chi connectivity index (χ4n) is 1.53. The molecule has 1 N–H and O–H groups in total. The standard InChI is InChI=1S/C8H13NO3/c1-2-7(10)9-5-3-4-6(9)8(11)12/h6H,2-5H2,1H3,(H,11,12). The van der Waals surface area contributed by atoms with Gasteiger partial charge in [-0.25, -0.2) is 4.79 Å². The zero-order chi connectivity index (χ0) is 9.14.